The molecule has 0 atom stereocenters. The summed E-state index contributed by atoms with van der Waals surface area (Å²) in [5.41, 5.74) is 4.95. The summed E-state index contributed by atoms with van der Waals surface area (Å²) in [6.07, 6.45) is 6.50. The first-order chi connectivity index (χ1) is 15.2. The van der Waals surface area contributed by atoms with Gasteiger partial charge in [0.1, 0.15) is 5.84 Å². The van der Waals surface area contributed by atoms with Gasteiger partial charge in [-0.25, -0.2) is 0 Å². The Hall–Kier alpha value is -3.45. The van der Waals surface area contributed by atoms with Crippen molar-refractivity contribution in [2.45, 2.75) is 13.3 Å². The number of nitrogens with zero attached hydrogens (tertiary/aromatic N) is 4. The van der Waals surface area contributed by atoms with E-state index >= 15 is 0 Å². The van der Waals surface area contributed by atoms with Gasteiger partial charge < -0.3 is 15.0 Å². The quantitative estimate of drug-likeness (QED) is 0.456. The predicted molar refractivity (Wildman–Crippen MR) is 125 cm³/mol. The van der Waals surface area contributed by atoms with Gasteiger partial charge in [0.05, 0.1) is 24.9 Å². The lowest BCUT2D eigenvalue weighted by Crippen LogP contribution is -2.35. The molecule has 160 valence electrons. The molecule has 2 aromatic heterocycles. The van der Waals surface area contributed by atoms with Gasteiger partial charge in [0.2, 0.25) is 0 Å². The average molecular weight is 417 g/mol. The van der Waals surface area contributed by atoms with Crippen LogP contribution in [0.2, 0.25) is 0 Å². The third kappa shape index (κ3) is 5.38. The van der Waals surface area contributed by atoms with E-state index in [-0.39, 0.29) is 0 Å². The topological polar surface area (TPSA) is 78.4 Å². The Labute approximate surface area is 182 Å². The molecule has 0 amide bonds. The van der Waals surface area contributed by atoms with Crippen LogP contribution in [0.15, 0.2) is 72.1 Å². The van der Waals surface area contributed by atoms with Gasteiger partial charge in [0.25, 0.3) is 0 Å². The van der Waals surface area contributed by atoms with E-state index in [2.05, 4.69) is 45.0 Å². The van der Waals surface area contributed by atoms with Gasteiger partial charge in [-0.15, -0.1) is 0 Å². The molecule has 3 aromatic rings. The number of hydrogen-bond acceptors (Lipinski definition) is 5. The summed E-state index contributed by atoms with van der Waals surface area (Å²) in [5, 5.41) is 11.6. The van der Waals surface area contributed by atoms with E-state index in [1.807, 2.05) is 48.8 Å². The fourth-order valence-corrected chi connectivity index (χ4v) is 3.62. The fourth-order valence-electron chi connectivity index (χ4n) is 3.62. The van der Waals surface area contributed by atoms with Crippen LogP contribution < -0.4 is 5.32 Å². The number of rotatable bonds is 7. The lowest BCUT2D eigenvalue weighted by atomic mass is 10.1. The summed E-state index contributed by atoms with van der Waals surface area (Å²) in [5.74, 6) is 0.783. The standard InChI is InChI=1S/C24H28N6O/c1-18(30-12-14-31-15-13-30)16-24(26-11-9-20-6-3-4-10-25-20)28-19(2)21-7-5-8-23-22(21)17-27-29-23/h3-8,10,16-17H,2,9,11-15H2,1H3,(H,26,28)(H,27,29)/b18-16+. The van der Waals surface area contributed by atoms with Gasteiger partial charge >= 0.3 is 0 Å². The van der Waals surface area contributed by atoms with E-state index in [4.69, 9.17) is 9.73 Å². The molecule has 1 aromatic carbocycles. The number of aromatic amines is 1. The molecule has 0 saturated carbocycles. The van der Waals surface area contributed by atoms with Crippen molar-refractivity contribution in [2.24, 2.45) is 4.99 Å². The van der Waals surface area contributed by atoms with Gasteiger partial charge in [0.15, 0.2) is 0 Å². The van der Waals surface area contributed by atoms with Crippen LogP contribution in [0.1, 0.15) is 18.2 Å². The zero-order valence-electron chi connectivity index (χ0n) is 17.8. The monoisotopic (exact) mass is 416 g/mol. The number of hydrogen-bond donors (Lipinski definition) is 2. The number of H-pyrrole nitrogens is 1. The Kier molecular flexibility index (Phi) is 6.74. The van der Waals surface area contributed by atoms with Crippen LogP contribution in [-0.4, -0.2) is 58.8 Å². The highest BCUT2D eigenvalue weighted by atomic mass is 16.5. The second-order valence-corrected chi connectivity index (χ2v) is 7.46. The van der Waals surface area contributed by atoms with Crippen LogP contribution in [0.25, 0.3) is 16.6 Å². The first-order valence-corrected chi connectivity index (χ1v) is 10.5. The van der Waals surface area contributed by atoms with Gasteiger partial charge in [0, 0.05) is 60.3 Å². The van der Waals surface area contributed by atoms with Crippen LogP contribution >= 0.6 is 0 Å². The van der Waals surface area contributed by atoms with Gasteiger partial charge in [-0.3, -0.25) is 15.1 Å². The Bertz CT molecular complexity index is 1080. The molecule has 2 N–H and O–H groups in total. The highest BCUT2D eigenvalue weighted by Crippen LogP contribution is 2.21. The Morgan fingerprint density at radius 3 is 2.94 bits per heavy atom. The maximum atomic E-state index is 5.48. The fraction of sp³-hybridized carbons (Fsp3) is 0.292. The van der Waals surface area contributed by atoms with E-state index in [1.165, 1.54) is 0 Å². The van der Waals surface area contributed by atoms with Crippen molar-refractivity contribution < 1.29 is 4.74 Å². The first-order valence-electron chi connectivity index (χ1n) is 10.5. The molecule has 4 rings (SSSR count). The van der Waals surface area contributed by atoms with E-state index in [0.717, 1.165) is 72.1 Å². The lowest BCUT2D eigenvalue weighted by Gasteiger charge is -2.29. The number of pyridine rings is 1. The molecule has 0 unspecified atom stereocenters. The molecule has 1 saturated heterocycles. The molecule has 0 bridgehead atoms. The maximum absolute atomic E-state index is 5.48. The number of amidine groups is 1. The van der Waals surface area contributed by atoms with Crippen LogP contribution in [0.3, 0.4) is 0 Å². The summed E-state index contributed by atoms with van der Waals surface area (Å²) in [6, 6.07) is 12.0. The van der Waals surface area contributed by atoms with Gasteiger partial charge in [-0.1, -0.05) is 24.8 Å². The molecule has 0 aliphatic carbocycles. The zero-order chi connectivity index (χ0) is 21.5. The summed E-state index contributed by atoms with van der Waals surface area (Å²) < 4.78 is 5.48. The van der Waals surface area contributed by atoms with E-state index in [9.17, 15) is 0 Å². The lowest BCUT2D eigenvalue weighted by molar-refractivity contribution is 0.0538. The summed E-state index contributed by atoms with van der Waals surface area (Å²) in [4.78, 5) is 11.5. The maximum Gasteiger partial charge on any atom is 0.127 e. The number of aromatic nitrogens is 3. The van der Waals surface area contributed by atoms with Gasteiger partial charge in [-0.05, 0) is 31.2 Å². The molecule has 31 heavy (non-hydrogen) atoms. The largest absolute Gasteiger partial charge is 0.378 e. The Morgan fingerprint density at radius 1 is 1.26 bits per heavy atom. The van der Waals surface area contributed by atoms with Crippen molar-refractivity contribution in [3.8, 4) is 0 Å². The minimum atomic E-state index is 0.634. The zero-order valence-corrected chi connectivity index (χ0v) is 17.8. The number of aliphatic imine (C=N–C) groups is 1. The molecule has 3 heterocycles. The van der Waals surface area contributed by atoms with E-state index < -0.39 is 0 Å². The van der Waals surface area contributed by atoms with E-state index in [0.29, 0.717) is 6.54 Å². The number of morpholine rings is 1. The molecule has 7 nitrogen and oxygen atoms in total. The predicted octanol–water partition coefficient (Wildman–Crippen LogP) is 3.40. The number of allylic oxidation sites excluding steroid dienone is 1. The van der Waals surface area contributed by atoms with Crippen molar-refractivity contribution in [3.05, 3.63) is 78.4 Å². The van der Waals surface area contributed by atoms with Crippen LogP contribution in [0, 0.1) is 0 Å². The Morgan fingerprint density at radius 2 is 2.13 bits per heavy atom. The van der Waals surface area contributed by atoms with Gasteiger partial charge in [-0.2, -0.15) is 5.10 Å². The number of nitrogens with one attached hydrogen (secondary N) is 2. The molecule has 0 spiro atoms. The van der Waals surface area contributed by atoms with Crippen LogP contribution in [0.5, 0.6) is 0 Å². The number of benzene rings is 1. The highest BCUT2D eigenvalue weighted by molar-refractivity contribution is 6.01. The Balaban J connectivity index is 1.54. The SMILES string of the molecule is C=C(NC(/C=C(\C)N1CCOCC1)=NCCc1ccccn1)c1cccc2[nH]ncc12. The normalized spacial score (nSPS) is 15.3. The molecule has 7 heteroatoms. The highest BCUT2D eigenvalue weighted by Gasteiger charge is 2.12. The average Bonchev–Trinajstić information content (AvgIpc) is 3.29. The summed E-state index contributed by atoms with van der Waals surface area (Å²) in [6.45, 7) is 10.3. The van der Waals surface area contributed by atoms with Crippen LogP contribution in [0.4, 0.5) is 0 Å². The summed E-state index contributed by atoms with van der Waals surface area (Å²) in [7, 11) is 0. The molecule has 0 radical (unpaired) electrons. The first kappa shape index (κ1) is 20.8. The third-order valence-electron chi connectivity index (χ3n) is 5.32. The second kappa shape index (κ2) is 10.0. The molecular formula is C24H28N6O. The minimum absolute atomic E-state index is 0.634. The minimum Gasteiger partial charge on any atom is -0.378 e. The number of fused-ring (bicyclic) bond motifs is 1. The van der Waals surface area contributed by atoms with E-state index in [1.54, 1.807) is 0 Å². The van der Waals surface area contributed by atoms with Crippen molar-refractivity contribution in [1.82, 2.24) is 25.4 Å². The second-order valence-electron chi connectivity index (χ2n) is 7.46. The van der Waals surface area contributed by atoms with Crippen molar-refractivity contribution in [3.63, 3.8) is 0 Å². The van der Waals surface area contributed by atoms with Crippen molar-refractivity contribution in [2.75, 3.05) is 32.8 Å². The number of ether oxygens (including phenoxy) is 1. The summed E-state index contributed by atoms with van der Waals surface area (Å²) >= 11 is 0. The van der Waals surface area contributed by atoms with Crippen molar-refractivity contribution >= 4 is 22.4 Å². The van der Waals surface area contributed by atoms with Crippen molar-refractivity contribution in [1.29, 1.82) is 0 Å². The van der Waals surface area contributed by atoms with Crippen LogP contribution in [-0.2, 0) is 11.2 Å². The third-order valence-corrected chi connectivity index (χ3v) is 5.32. The molecule has 1 fully saturated rings. The molecule has 1 aliphatic rings. The molecule has 1 aliphatic heterocycles. The molecular weight excluding hydrogens is 388 g/mol. The smallest absolute Gasteiger partial charge is 0.127 e.